The van der Waals surface area contributed by atoms with Crippen LogP contribution < -0.4 is 10.2 Å². The van der Waals surface area contributed by atoms with E-state index in [2.05, 4.69) is 15.1 Å². The molecular weight excluding hydrogens is 272 g/mol. The highest BCUT2D eigenvalue weighted by Gasteiger charge is 2.31. The largest absolute Gasteiger partial charge is 0.378 e. The van der Waals surface area contributed by atoms with Crippen molar-refractivity contribution in [2.45, 2.75) is 32.0 Å². The van der Waals surface area contributed by atoms with E-state index in [1.54, 1.807) is 7.11 Å². The van der Waals surface area contributed by atoms with E-state index in [9.17, 15) is 0 Å². The monoisotopic (exact) mass is 296 g/mol. The summed E-state index contributed by atoms with van der Waals surface area (Å²) in [5, 5.41) is 4.38. The van der Waals surface area contributed by atoms with E-state index in [-0.39, 0.29) is 0 Å². The molecule has 0 unspecified atom stereocenters. The number of anilines is 1. The van der Waals surface area contributed by atoms with Gasteiger partial charge in [0.05, 0.1) is 12.3 Å². The Balaban J connectivity index is 1.65. The summed E-state index contributed by atoms with van der Waals surface area (Å²) in [4.78, 5) is 11.2. The van der Waals surface area contributed by atoms with Crippen molar-refractivity contribution < 1.29 is 4.74 Å². The first kappa shape index (κ1) is 14.3. The molecule has 2 heterocycles. The molecule has 3 rings (SSSR count). The highest BCUT2D eigenvalue weighted by Crippen LogP contribution is 2.31. The van der Waals surface area contributed by atoms with Gasteiger partial charge in [-0.1, -0.05) is 0 Å². The predicted octanol–water partition coefficient (Wildman–Crippen LogP) is 1.29. The highest BCUT2D eigenvalue weighted by atomic mass is 32.1. The number of ether oxygens (including phenoxy) is 1. The van der Waals surface area contributed by atoms with Crippen LogP contribution in [0.2, 0.25) is 0 Å². The normalized spacial score (nSPS) is 20.6. The molecule has 0 bridgehead atoms. The summed E-state index contributed by atoms with van der Waals surface area (Å²) in [6.45, 7) is 6.06. The smallest absolute Gasteiger partial charge is 0.186 e. The van der Waals surface area contributed by atoms with Gasteiger partial charge in [0, 0.05) is 50.8 Å². The molecule has 1 aliphatic heterocycles. The Labute approximate surface area is 124 Å². The number of piperazine rings is 1. The maximum atomic E-state index is 5.26. The van der Waals surface area contributed by atoms with Crippen LogP contribution in [-0.2, 0) is 17.9 Å². The van der Waals surface area contributed by atoms with Crippen molar-refractivity contribution >= 4 is 16.5 Å². The Morgan fingerprint density at radius 1 is 1.30 bits per heavy atom. The van der Waals surface area contributed by atoms with Gasteiger partial charge in [-0.05, 0) is 19.9 Å². The standard InChI is InChI=1S/C14H24N4OS/c1-15-9-13-12(10-19-2)16-14(20-13)18-7-5-17(6-8-18)11-3-4-11/h11,15H,3-10H2,1-2H3. The Kier molecular flexibility index (Phi) is 4.55. The van der Waals surface area contributed by atoms with Gasteiger partial charge in [-0.15, -0.1) is 11.3 Å². The van der Waals surface area contributed by atoms with Gasteiger partial charge in [0.25, 0.3) is 0 Å². The van der Waals surface area contributed by atoms with E-state index >= 15 is 0 Å². The van der Waals surface area contributed by atoms with E-state index in [0.717, 1.165) is 36.5 Å². The van der Waals surface area contributed by atoms with Crippen molar-refractivity contribution in [1.82, 2.24) is 15.2 Å². The van der Waals surface area contributed by atoms with Crippen LogP contribution in [0.15, 0.2) is 0 Å². The molecule has 6 heteroatoms. The van der Waals surface area contributed by atoms with Gasteiger partial charge in [0.1, 0.15) is 0 Å². The van der Waals surface area contributed by atoms with Crippen LogP contribution in [0.5, 0.6) is 0 Å². The van der Waals surface area contributed by atoms with E-state index in [1.807, 2.05) is 18.4 Å². The molecule has 1 saturated carbocycles. The third-order valence-electron chi connectivity index (χ3n) is 4.03. The van der Waals surface area contributed by atoms with E-state index < -0.39 is 0 Å². The molecule has 0 radical (unpaired) electrons. The van der Waals surface area contributed by atoms with Crippen molar-refractivity contribution in [2.24, 2.45) is 0 Å². The fourth-order valence-corrected chi connectivity index (χ4v) is 3.90. The van der Waals surface area contributed by atoms with Gasteiger partial charge in [0.15, 0.2) is 5.13 Å². The van der Waals surface area contributed by atoms with Gasteiger partial charge in [-0.25, -0.2) is 4.98 Å². The average Bonchev–Trinajstić information content (AvgIpc) is 3.24. The van der Waals surface area contributed by atoms with Gasteiger partial charge >= 0.3 is 0 Å². The molecule has 1 aromatic rings. The molecule has 1 aliphatic carbocycles. The van der Waals surface area contributed by atoms with E-state index in [0.29, 0.717) is 6.61 Å². The summed E-state index contributed by atoms with van der Waals surface area (Å²) in [7, 11) is 3.71. The van der Waals surface area contributed by atoms with Crippen LogP contribution in [0.1, 0.15) is 23.4 Å². The predicted molar refractivity (Wildman–Crippen MR) is 82.4 cm³/mol. The molecule has 1 saturated heterocycles. The third-order valence-corrected chi connectivity index (χ3v) is 5.19. The number of thiazole rings is 1. The maximum Gasteiger partial charge on any atom is 0.186 e. The molecular formula is C14H24N4OS. The minimum atomic E-state index is 0.607. The van der Waals surface area contributed by atoms with Crippen LogP contribution in [0, 0.1) is 0 Å². The van der Waals surface area contributed by atoms with Crippen LogP contribution in [0.4, 0.5) is 5.13 Å². The molecule has 2 fully saturated rings. The molecule has 0 atom stereocenters. The first-order valence-corrected chi connectivity index (χ1v) is 8.24. The zero-order valence-electron chi connectivity index (χ0n) is 12.4. The van der Waals surface area contributed by atoms with Crippen molar-refractivity contribution in [2.75, 3.05) is 45.2 Å². The van der Waals surface area contributed by atoms with Gasteiger partial charge < -0.3 is 15.0 Å². The Bertz CT molecular complexity index is 415. The van der Waals surface area contributed by atoms with Crippen molar-refractivity contribution in [3.05, 3.63) is 10.6 Å². The average molecular weight is 296 g/mol. The van der Waals surface area contributed by atoms with Gasteiger partial charge in [-0.3, -0.25) is 4.90 Å². The number of methoxy groups -OCH3 is 1. The molecule has 112 valence electrons. The van der Waals surface area contributed by atoms with E-state index in [1.165, 1.54) is 30.8 Å². The lowest BCUT2D eigenvalue weighted by atomic mass is 10.3. The summed E-state index contributed by atoms with van der Waals surface area (Å²) >= 11 is 1.81. The molecule has 1 N–H and O–H groups in total. The summed E-state index contributed by atoms with van der Waals surface area (Å²) in [5.74, 6) is 0. The molecule has 1 aromatic heterocycles. The lowest BCUT2D eigenvalue weighted by Crippen LogP contribution is -2.47. The van der Waals surface area contributed by atoms with Crippen molar-refractivity contribution in [3.8, 4) is 0 Å². The van der Waals surface area contributed by atoms with Crippen LogP contribution in [0.25, 0.3) is 0 Å². The Hall–Kier alpha value is -0.690. The van der Waals surface area contributed by atoms with Crippen LogP contribution >= 0.6 is 11.3 Å². The molecule has 0 aromatic carbocycles. The van der Waals surface area contributed by atoms with E-state index in [4.69, 9.17) is 9.72 Å². The first-order chi connectivity index (χ1) is 9.81. The first-order valence-electron chi connectivity index (χ1n) is 7.43. The molecule has 2 aliphatic rings. The quantitative estimate of drug-likeness (QED) is 0.857. The molecule has 5 nitrogen and oxygen atoms in total. The lowest BCUT2D eigenvalue weighted by Gasteiger charge is -2.34. The SMILES string of the molecule is CNCc1sc(N2CCN(C3CC3)CC2)nc1COC. The van der Waals surface area contributed by atoms with Crippen LogP contribution in [-0.4, -0.2) is 56.3 Å². The molecule has 0 amide bonds. The van der Waals surface area contributed by atoms with Crippen molar-refractivity contribution in [3.63, 3.8) is 0 Å². The summed E-state index contributed by atoms with van der Waals surface area (Å²) in [6.07, 6.45) is 2.81. The second kappa shape index (κ2) is 6.39. The zero-order chi connectivity index (χ0) is 13.9. The van der Waals surface area contributed by atoms with Crippen LogP contribution in [0.3, 0.4) is 0 Å². The fourth-order valence-electron chi connectivity index (χ4n) is 2.77. The minimum Gasteiger partial charge on any atom is -0.378 e. The Morgan fingerprint density at radius 2 is 2.05 bits per heavy atom. The molecule has 20 heavy (non-hydrogen) atoms. The zero-order valence-corrected chi connectivity index (χ0v) is 13.2. The summed E-state index contributed by atoms with van der Waals surface area (Å²) < 4.78 is 5.26. The number of nitrogens with zero attached hydrogens (tertiary/aromatic N) is 3. The number of aromatic nitrogens is 1. The second-order valence-electron chi connectivity index (χ2n) is 5.58. The number of hydrogen-bond donors (Lipinski definition) is 1. The minimum absolute atomic E-state index is 0.607. The van der Waals surface area contributed by atoms with Crippen molar-refractivity contribution in [1.29, 1.82) is 0 Å². The van der Waals surface area contributed by atoms with Gasteiger partial charge in [-0.2, -0.15) is 0 Å². The Morgan fingerprint density at radius 3 is 2.65 bits per heavy atom. The number of nitrogens with one attached hydrogen (secondary N) is 1. The third kappa shape index (κ3) is 3.14. The number of hydrogen-bond acceptors (Lipinski definition) is 6. The number of rotatable bonds is 6. The summed E-state index contributed by atoms with van der Waals surface area (Å²) in [6, 6.07) is 0.886. The second-order valence-corrected chi connectivity index (χ2v) is 6.65. The maximum absolute atomic E-state index is 5.26. The van der Waals surface area contributed by atoms with Gasteiger partial charge in [0.2, 0.25) is 0 Å². The highest BCUT2D eigenvalue weighted by molar-refractivity contribution is 7.15. The topological polar surface area (TPSA) is 40.6 Å². The fraction of sp³-hybridized carbons (Fsp3) is 0.786. The molecule has 0 spiro atoms. The summed E-state index contributed by atoms with van der Waals surface area (Å²) in [5.41, 5.74) is 1.09. The lowest BCUT2D eigenvalue weighted by molar-refractivity contribution is 0.181.